The number of piperidine rings is 1. The molecule has 2 rings (SSSR count). The second kappa shape index (κ2) is 8.60. The molecule has 0 aromatic rings. The molecule has 2 saturated heterocycles. The molecule has 1 atom stereocenters. The maximum Gasteiger partial charge on any atom is 0.223 e. The summed E-state index contributed by atoms with van der Waals surface area (Å²) in [6.45, 7) is 10.7. The molecular formula is C15H29N3O2. The minimum Gasteiger partial charge on any atom is -0.379 e. The minimum atomic E-state index is 0.315. The molecule has 2 aliphatic rings. The molecule has 1 N–H and O–H groups in total. The number of hydrogen-bond donors (Lipinski definition) is 1. The summed E-state index contributed by atoms with van der Waals surface area (Å²) >= 11 is 0. The fraction of sp³-hybridized carbons (Fsp3) is 0.933. The maximum atomic E-state index is 12.1. The Balaban J connectivity index is 1.50. The van der Waals surface area contributed by atoms with Crippen LogP contribution in [0, 0.1) is 5.92 Å². The molecule has 5 heteroatoms. The topological polar surface area (TPSA) is 44.8 Å². The Kier molecular flexibility index (Phi) is 6.76. The Morgan fingerprint density at radius 2 is 2.05 bits per heavy atom. The highest BCUT2D eigenvalue weighted by molar-refractivity contribution is 5.76. The number of nitrogens with one attached hydrogen (secondary N) is 1. The molecule has 1 unspecified atom stereocenters. The fourth-order valence-corrected chi connectivity index (χ4v) is 2.96. The molecule has 0 aromatic carbocycles. The number of rotatable bonds is 6. The van der Waals surface area contributed by atoms with Crippen LogP contribution in [0.3, 0.4) is 0 Å². The SMILES string of the molecule is CC1CCCN(C(=O)CCNCCN2CCOCC2)C1. The summed E-state index contributed by atoms with van der Waals surface area (Å²) in [5, 5.41) is 3.38. The van der Waals surface area contributed by atoms with Crippen LogP contribution in [0.15, 0.2) is 0 Å². The van der Waals surface area contributed by atoms with Crippen LogP contribution in [0.2, 0.25) is 0 Å². The summed E-state index contributed by atoms with van der Waals surface area (Å²) < 4.78 is 5.32. The van der Waals surface area contributed by atoms with Crippen molar-refractivity contribution in [3.05, 3.63) is 0 Å². The van der Waals surface area contributed by atoms with E-state index in [9.17, 15) is 4.79 Å². The van der Waals surface area contributed by atoms with E-state index >= 15 is 0 Å². The zero-order valence-electron chi connectivity index (χ0n) is 12.8. The van der Waals surface area contributed by atoms with Crippen LogP contribution >= 0.6 is 0 Å². The molecule has 116 valence electrons. The van der Waals surface area contributed by atoms with Gasteiger partial charge >= 0.3 is 0 Å². The quantitative estimate of drug-likeness (QED) is 0.723. The van der Waals surface area contributed by atoms with Gasteiger partial charge in [-0.15, -0.1) is 0 Å². The number of likely N-dealkylation sites (tertiary alicyclic amines) is 1. The first kappa shape index (κ1) is 15.7. The first-order valence-electron chi connectivity index (χ1n) is 8.04. The number of hydrogen-bond acceptors (Lipinski definition) is 4. The minimum absolute atomic E-state index is 0.315. The number of nitrogens with zero attached hydrogens (tertiary/aromatic N) is 2. The van der Waals surface area contributed by atoms with Crippen LogP contribution in [-0.4, -0.2) is 74.7 Å². The van der Waals surface area contributed by atoms with Gasteiger partial charge in [-0.2, -0.15) is 0 Å². The van der Waals surface area contributed by atoms with Crippen molar-refractivity contribution in [2.75, 3.05) is 59.0 Å². The van der Waals surface area contributed by atoms with E-state index in [1.807, 2.05) is 4.90 Å². The zero-order chi connectivity index (χ0) is 14.2. The summed E-state index contributed by atoms with van der Waals surface area (Å²) in [7, 11) is 0. The number of amides is 1. The standard InChI is InChI=1S/C15H29N3O2/c1-14-3-2-7-18(13-14)15(19)4-5-16-6-8-17-9-11-20-12-10-17/h14,16H,2-13H2,1H3. The van der Waals surface area contributed by atoms with Crippen LogP contribution < -0.4 is 5.32 Å². The molecule has 0 spiro atoms. The van der Waals surface area contributed by atoms with Gasteiger partial charge in [-0.3, -0.25) is 9.69 Å². The summed E-state index contributed by atoms with van der Waals surface area (Å²) in [5.41, 5.74) is 0. The van der Waals surface area contributed by atoms with Crippen molar-refractivity contribution in [1.29, 1.82) is 0 Å². The Bertz CT molecular complexity index is 293. The van der Waals surface area contributed by atoms with Crippen LogP contribution in [0.5, 0.6) is 0 Å². The molecule has 2 aliphatic heterocycles. The Morgan fingerprint density at radius 1 is 1.25 bits per heavy atom. The van der Waals surface area contributed by atoms with Gasteiger partial charge in [-0.05, 0) is 18.8 Å². The highest BCUT2D eigenvalue weighted by atomic mass is 16.5. The van der Waals surface area contributed by atoms with Gasteiger partial charge in [0.1, 0.15) is 0 Å². The van der Waals surface area contributed by atoms with Gasteiger partial charge in [-0.1, -0.05) is 6.92 Å². The largest absolute Gasteiger partial charge is 0.379 e. The van der Waals surface area contributed by atoms with Gasteiger partial charge in [0.2, 0.25) is 5.91 Å². The Hall–Kier alpha value is -0.650. The predicted molar refractivity (Wildman–Crippen MR) is 79.7 cm³/mol. The molecule has 0 bridgehead atoms. The van der Waals surface area contributed by atoms with Gasteiger partial charge in [-0.25, -0.2) is 0 Å². The predicted octanol–water partition coefficient (Wildman–Crippen LogP) is 0.557. The van der Waals surface area contributed by atoms with Crippen molar-refractivity contribution in [2.24, 2.45) is 5.92 Å². The average Bonchev–Trinajstić information content (AvgIpc) is 2.48. The van der Waals surface area contributed by atoms with E-state index in [-0.39, 0.29) is 0 Å². The number of ether oxygens (including phenoxy) is 1. The normalized spacial score (nSPS) is 24.9. The first-order valence-corrected chi connectivity index (χ1v) is 8.04. The number of carbonyl (C=O) groups is 1. The molecule has 2 fully saturated rings. The Labute approximate surface area is 122 Å². The Morgan fingerprint density at radius 3 is 2.80 bits per heavy atom. The van der Waals surface area contributed by atoms with E-state index in [1.54, 1.807) is 0 Å². The monoisotopic (exact) mass is 283 g/mol. The lowest BCUT2D eigenvalue weighted by Crippen LogP contribution is -2.42. The van der Waals surface area contributed by atoms with Crippen LogP contribution in [0.4, 0.5) is 0 Å². The van der Waals surface area contributed by atoms with Crippen molar-refractivity contribution in [1.82, 2.24) is 15.1 Å². The van der Waals surface area contributed by atoms with Crippen LogP contribution in [-0.2, 0) is 9.53 Å². The molecule has 20 heavy (non-hydrogen) atoms. The lowest BCUT2D eigenvalue weighted by Gasteiger charge is -2.31. The molecule has 5 nitrogen and oxygen atoms in total. The third-order valence-corrected chi connectivity index (χ3v) is 4.23. The molecule has 0 aliphatic carbocycles. The van der Waals surface area contributed by atoms with E-state index in [4.69, 9.17) is 4.74 Å². The smallest absolute Gasteiger partial charge is 0.223 e. The third-order valence-electron chi connectivity index (χ3n) is 4.23. The fourth-order valence-electron chi connectivity index (χ4n) is 2.96. The number of morpholine rings is 1. The van der Waals surface area contributed by atoms with E-state index in [0.29, 0.717) is 18.2 Å². The van der Waals surface area contributed by atoms with Crippen molar-refractivity contribution in [3.63, 3.8) is 0 Å². The number of carbonyl (C=O) groups excluding carboxylic acids is 1. The van der Waals surface area contributed by atoms with Gasteiger partial charge in [0.25, 0.3) is 0 Å². The van der Waals surface area contributed by atoms with Crippen molar-refractivity contribution in [2.45, 2.75) is 26.2 Å². The third kappa shape index (κ3) is 5.38. The van der Waals surface area contributed by atoms with E-state index in [1.165, 1.54) is 6.42 Å². The highest BCUT2D eigenvalue weighted by Gasteiger charge is 2.20. The molecular weight excluding hydrogens is 254 g/mol. The van der Waals surface area contributed by atoms with E-state index in [2.05, 4.69) is 17.1 Å². The highest BCUT2D eigenvalue weighted by Crippen LogP contribution is 2.15. The van der Waals surface area contributed by atoms with Crippen LogP contribution in [0.1, 0.15) is 26.2 Å². The van der Waals surface area contributed by atoms with Crippen molar-refractivity contribution in [3.8, 4) is 0 Å². The second-order valence-corrected chi connectivity index (χ2v) is 6.04. The summed E-state index contributed by atoms with van der Waals surface area (Å²) in [5.74, 6) is 0.984. The molecule has 1 amide bonds. The van der Waals surface area contributed by atoms with Crippen LogP contribution in [0.25, 0.3) is 0 Å². The molecule has 2 heterocycles. The lowest BCUT2D eigenvalue weighted by atomic mass is 10.00. The zero-order valence-corrected chi connectivity index (χ0v) is 12.8. The van der Waals surface area contributed by atoms with Gasteiger partial charge in [0.15, 0.2) is 0 Å². The first-order chi connectivity index (χ1) is 9.75. The van der Waals surface area contributed by atoms with Gasteiger partial charge in [0, 0.05) is 52.2 Å². The summed E-state index contributed by atoms with van der Waals surface area (Å²) in [6.07, 6.45) is 3.06. The van der Waals surface area contributed by atoms with Gasteiger partial charge in [0.05, 0.1) is 13.2 Å². The second-order valence-electron chi connectivity index (χ2n) is 6.04. The molecule has 0 radical (unpaired) electrons. The van der Waals surface area contributed by atoms with Crippen molar-refractivity contribution < 1.29 is 9.53 Å². The van der Waals surface area contributed by atoms with E-state index < -0.39 is 0 Å². The lowest BCUT2D eigenvalue weighted by molar-refractivity contribution is -0.132. The summed E-state index contributed by atoms with van der Waals surface area (Å²) in [6, 6.07) is 0. The van der Waals surface area contributed by atoms with Gasteiger partial charge < -0.3 is 15.0 Å². The maximum absolute atomic E-state index is 12.1. The molecule has 0 aromatic heterocycles. The average molecular weight is 283 g/mol. The summed E-state index contributed by atoms with van der Waals surface area (Å²) in [4.78, 5) is 16.5. The van der Waals surface area contributed by atoms with E-state index in [0.717, 1.165) is 65.4 Å². The van der Waals surface area contributed by atoms with Crippen molar-refractivity contribution >= 4 is 5.91 Å². The molecule has 0 saturated carbocycles.